The average Bonchev–Trinajstić information content (AvgIpc) is 2.74. The van der Waals surface area contributed by atoms with Gasteiger partial charge in [0.1, 0.15) is 5.75 Å². The number of carbonyl (C=O) groups excluding carboxylic acids is 1. The second-order valence-corrected chi connectivity index (χ2v) is 9.62. The molecule has 0 aliphatic heterocycles. The van der Waals surface area contributed by atoms with Crippen molar-refractivity contribution in [3.63, 3.8) is 0 Å². The highest BCUT2D eigenvalue weighted by molar-refractivity contribution is 9.10. The van der Waals surface area contributed by atoms with Crippen LogP contribution in [-0.4, -0.2) is 21.4 Å². The Bertz CT molecular complexity index is 1220. The highest BCUT2D eigenvalue weighted by Gasteiger charge is 2.29. The Morgan fingerprint density at radius 2 is 1.52 bits per heavy atom. The maximum absolute atomic E-state index is 13.4. The van der Waals surface area contributed by atoms with Gasteiger partial charge in [-0.05, 0) is 77.8 Å². The lowest BCUT2D eigenvalue weighted by Gasteiger charge is -2.21. The van der Waals surface area contributed by atoms with Crippen molar-refractivity contribution in [2.75, 3.05) is 11.4 Å². The van der Waals surface area contributed by atoms with Crippen LogP contribution >= 0.6 is 15.9 Å². The molecule has 0 radical (unpaired) electrons. The van der Waals surface area contributed by atoms with E-state index in [2.05, 4.69) is 15.9 Å². The molecular formula is C24H22BrNO4S. The predicted octanol–water partition coefficient (Wildman–Crippen LogP) is 5.51. The number of hydrogen-bond donors (Lipinski definition) is 0. The SMILES string of the molecule is COc1ccc(/C=C/C(=O)N(c2ccc(C)cc2)S(=O)(=O)c2ccc(C)cc2)cc1Br. The molecule has 1 amide bonds. The van der Waals surface area contributed by atoms with E-state index in [-0.39, 0.29) is 10.6 Å². The van der Waals surface area contributed by atoms with Gasteiger partial charge in [0.25, 0.3) is 15.9 Å². The monoisotopic (exact) mass is 499 g/mol. The molecule has 31 heavy (non-hydrogen) atoms. The van der Waals surface area contributed by atoms with E-state index in [0.717, 1.165) is 25.5 Å². The Hall–Kier alpha value is -2.90. The van der Waals surface area contributed by atoms with E-state index in [4.69, 9.17) is 4.74 Å². The lowest BCUT2D eigenvalue weighted by Crippen LogP contribution is -2.35. The Labute approximate surface area is 191 Å². The summed E-state index contributed by atoms with van der Waals surface area (Å²) < 4.78 is 33.5. The molecule has 0 fully saturated rings. The minimum atomic E-state index is -4.10. The number of hydrogen-bond acceptors (Lipinski definition) is 4. The molecule has 0 unspecified atom stereocenters. The van der Waals surface area contributed by atoms with Gasteiger partial charge in [0.05, 0.1) is 22.2 Å². The molecule has 5 nitrogen and oxygen atoms in total. The van der Waals surface area contributed by atoms with Gasteiger partial charge in [0, 0.05) is 6.08 Å². The van der Waals surface area contributed by atoms with Gasteiger partial charge in [-0.3, -0.25) is 4.79 Å². The van der Waals surface area contributed by atoms with E-state index in [0.29, 0.717) is 5.75 Å². The van der Waals surface area contributed by atoms with Gasteiger partial charge in [-0.2, -0.15) is 4.31 Å². The molecule has 7 heteroatoms. The van der Waals surface area contributed by atoms with Gasteiger partial charge >= 0.3 is 0 Å². The zero-order chi connectivity index (χ0) is 22.6. The van der Waals surface area contributed by atoms with E-state index in [1.165, 1.54) is 18.2 Å². The number of benzene rings is 3. The molecule has 0 spiro atoms. The minimum Gasteiger partial charge on any atom is -0.496 e. The molecule has 0 heterocycles. The standard InChI is InChI=1S/C24H22BrNO4S/c1-17-4-10-20(11-5-17)26(31(28,29)21-12-6-18(2)7-13-21)24(27)15-9-19-8-14-23(30-3)22(25)16-19/h4-16H,1-3H3/b15-9+. The average molecular weight is 500 g/mol. The number of nitrogens with zero attached hydrogens (tertiary/aromatic N) is 1. The van der Waals surface area contributed by atoms with E-state index in [1.807, 2.05) is 13.8 Å². The summed E-state index contributed by atoms with van der Waals surface area (Å²) in [7, 11) is -2.54. The van der Waals surface area contributed by atoms with Gasteiger partial charge in [0.2, 0.25) is 0 Å². The number of methoxy groups -OCH3 is 1. The third kappa shape index (κ3) is 5.24. The zero-order valence-corrected chi connectivity index (χ0v) is 19.8. The molecule has 0 bridgehead atoms. The Kier molecular flexibility index (Phi) is 6.97. The van der Waals surface area contributed by atoms with Crippen molar-refractivity contribution >= 4 is 43.6 Å². The van der Waals surface area contributed by atoms with Crippen LogP contribution in [0.15, 0.2) is 82.2 Å². The summed E-state index contributed by atoms with van der Waals surface area (Å²) in [6, 6.07) is 18.5. The van der Waals surface area contributed by atoms with Gasteiger partial charge < -0.3 is 4.74 Å². The predicted molar refractivity (Wildman–Crippen MR) is 127 cm³/mol. The summed E-state index contributed by atoms with van der Waals surface area (Å²) in [6.07, 6.45) is 2.82. The highest BCUT2D eigenvalue weighted by atomic mass is 79.9. The third-order valence-electron chi connectivity index (χ3n) is 4.62. The van der Waals surface area contributed by atoms with Crippen molar-refractivity contribution in [3.8, 4) is 5.75 Å². The normalized spacial score (nSPS) is 11.5. The molecule has 3 aromatic carbocycles. The molecule has 0 saturated carbocycles. The number of sulfonamides is 1. The third-order valence-corrected chi connectivity index (χ3v) is 6.98. The first-order valence-electron chi connectivity index (χ1n) is 9.46. The van der Waals surface area contributed by atoms with Crippen molar-refractivity contribution < 1.29 is 17.9 Å². The molecule has 3 aromatic rings. The van der Waals surface area contributed by atoms with E-state index < -0.39 is 15.9 Å². The number of ether oxygens (including phenoxy) is 1. The molecule has 0 N–H and O–H groups in total. The Balaban J connectivity index is 2.01. The summed E-state index contributed by atoms with van der Waals surface area (Å²) in [5.41, 5.74) is 2.88. The highest BCUT2D eigenvalue weighted by Crippen LogP contribution is 2.27. The molecule has 0 atom stereocenters. The fraction of sp³-hybridized carbons (Fsp3) is 0.125. The summed E-state index contributed by atoms with van der Waals surface area (Å²) >= 11 is 3.40. The smallest absolute Gasteiger partial charge is 0.271 e. The van der Waals surface area contributed by atoms with Gasteiger partial charge in [-0.25, -0.2) is 8.42 Å². The summed E-state index contributed by atoms with van der Waals surface area (Å²) in [5.74, 6) is -0.0110. The number of halogens is 1. The molecule has 0 aromatic heterocycles. The van der Waals surface area contributed by atoms with Gasteiger partial charge in [-0.1, -0.05) is 41.5 Å². The minimum absolute atomic E-state index is 0.0487. The second kappa shape index (κ2) is 9.49. The number of carbonyl (C=O) groups is 1. The topological polar surface area (TPSA) is 63.7 Å². The maximum Gasteiger partial charge on any atom is 0.271 e. The second-order valence-electron chi connectivity index (χ2n) is 6.98. The van der Waals surface area contributed by atoms with Crippen molar-refractivity contribution in [2.45, 2.75) is 18.7 Å². The molecule has 0 saturated heterocycles. The van der Waals surface area contributed by atoms with Crippen LogP contribution in [0.4, 0.5) is 5.69 Å². The molecule has 0 aliphatic carbocycles. The number of aryl methyl sites for hydroxylation is 2. The van der Waals surface area contributed by atoms with Gasteiger partial charge in [-0.15, -0.1) is 0 Å². The van der Waals surface area contributed by atoms with Crippen molar-refractivity contribution in [1.29, 1.82) is 0 Å². The van der Waals surface area contributed by atoms with Crippen LogP contribution in [0.3, 0.4) is 0 Å². The fourth-order valence-electron chi connectivity index (χ4n) is 2.90. The summed E-state index contributed by atoms with van der Waals surface area (Å²) in [4.78, 5) is 13.2. The first kappa shape index (κ1) is 22.8. The lowest BCUT2D eigenvalue weighted by atomic mass is 10.2. The van der Waals surface area contributed by atoms with Gasteiger partial charge in [0.15, 0.2) is 0 Å². The lowest BCUT2D eigenvalue weighted by molar-refractivity contribution is -0.113. The zero-order valence-electron chi connectivity index (χ0n) is 17.4. The molecule has 160 valence electrons. The van der Waals surface area contributed by atoms with E-state index in [1.54, 1.807) is 67.8 Å². The van der Waals surface area contributed by atoms with Crippen LogP contribution in [-0.2, 0) is 14.8 Å². The summed E-state index contributed by atoms with van der Waals surface area (Å²) in [6.45, 7) is 3.76. The van der Waals surface area contributed by atoms with Crippen LogP contribution in [0.2, 0.25) is 0 Å². The summed E-state index contributed by atoms with van der Waals surface area (Å²) in [5, 5.41) is 0. The van der Waals surface area contributed by atoms with Crippen LogP contribution < -0.4 is 9.04 Å². The van der Waals surface area contributed by atoms with E-state index >= 15 is 0 Å². The maximum atomic E-state index is 13.4. The largest absolute Gasteiger partial charge is 0.496 e. The van der Waals surface area contributed by atoms with Crippen molar-refractivity contribution in [2.24, 2.45) is 0 Å². The molecule has 0 aliphatic rings. The molecular weight excluding hydrogens is 478 g/mol. The number of rotatable bonds is 6. The quantitative estimate of drug-likeness (QED) is 0.419. The first-order chi connectivity index (χ1) is 14.7. The van der Waals surface area contributed by atoms with Crippen molar-refractivity contribution in [1.82, 2.24) is 0 Å². The van der Waals surface area contributed by atoms with Crippen LogP contribution in [0.5, 0.6) is 5.75 Å². The van der Waals surface area contributed by atoms with E-state index in [9.17, 15) is 13.2 Å². The van der Waals surface area contributed by atoms with Crippen LogP contribution in [0.25, 0.3) is 6.08 Å². The van der Waals surface area contributed by atoms with Crippen LogP contribution in [0.1, 0.15) is 16.7 Å². The van der Waals surface area contributed by atoms with Crippen molar-refractivity contribution in [3.05, 3.63) is 94.0 Å². The Morgan fingerprint density at radius 3 is 2.06 bits per heavy atom. The first-order valence-corrected chi connectivity index (χ1v) is 11.7. The number of amides is 1. The fourth-order valence-corrected chi connectivity index (χ4v) is 4.85. The number of anilines is 1. The molecule has 3 rings (SSSR count). The Morgan fingerprint density at radius 1 is 0.935 bits per heavy atom. The van der Waals surface area contributed by atoms with Crippen LogP contribution in [0, 0.1) is 13.8 Å².